The number of benzene rings is 1. The maximum absolute atomic E-state index is 10.9. The van der Waals surface area contributed by atoms with E-state index in [-0.39, 0.29) is 17.9 Å². The summed E-state index contributed by atoms with van der Waals surface area (Å²) < 4.78 is 21.1. The largest absolute Gasteiger partial charge is 0.504 e. The summed E-state index contributed by atoms with van der Waals surface area (Å²) >= 11 is 0. The fourth-order valence-electron chi connectivity index (χ4n) is 3.14. The van der Waals surface area contributed by atoms with Crippen LogP contribution in [0.5, 0.6) is 11.5 Å². The minimum Gasteiger partial charge on any atom is -0.504 e. The molecule has 1 aromatic rings. The van der Waals surface area contributed by atoms with E-state index in [2.05, 4.69) is 0 Å². The number of phenols is 1. The van der Waals surface area contributed by atoms with Crippen molar-refractivity contribution in [2.75, 3.05) is 13.2 Å². The number of aromatic hydroxyl groups is 1. The third-order valence-corrected chi connectivity index (χ3v) is 5.00. The molecule has 13 heteroatoms. The van der Waals surface area contributed by atoms with E-state index in [4.69, 9.17) is 24.1 Å². The van der Waals surface area contributed by atoms with Crippen molar-refractivity contribution in [2.45, 2.75) is 55.3 Å². The predicted octanol–water partition coefficient (Wildman–Crippen LogP) is -3.27. The summed E-state index contributed by atoms with van der Waals surface area (Å²) in [7, 11) is 0. The van der Waals surface area contributed by atoms with Crippen LogP contribution in [-0.2, 0) is 14.2 Å². The smallest absolute Gasteiger partial charge is 0.335 e. The zero-order valence-electron chi connectivity index (χ0n) is 16.0. The molecule has 31 heavy (non-hydrogen) atoms. The average Bonchev–Trinajstić information content (AvgIpc) is 2.73. The van der Waals surface area contributed by atoms with Crippen molar-refractivity contribution in [3.8, 4) is 11.5 Å². The molecule has 9 unspecified atom stereocenters. The predicted molar refractivity (Wildman–Crippen MR) is 96.1 cm³/mol. The van der Waals surface area contributed by atoms with Gasteiger partial charge >= 0.3 is 5.97 Å². The second-order valence-electron chi connectivity index (χ2n) is 7.20. The van der Waals surface area contributed by atoms with Crippen molar-refractivity contribution in [1.29, 1.82) is 0 Å². The molecule has 2 heterocycles. The Kier molecular flexibility index (Phi) is 7.31. The first-order chi connectivity index (χ1) is 14.6. The molecule has 2 aliphatic heterocycles. The first-order valence-corrected chi connectivity index (χ1v) is 9.30. The number of hydrogen-bond acceptors (Lipinski definition) is 12. The summed E-state index contributed by atoms with van der Waals surface area (Å²) in [6, 6.07) is 3.18. The van der Waals surface area contributed by atoms with E-state index < -0.39 is 73.6 Å². The summed E-state index contributed by atoms with van der Waals surface area (Å²) in [5.41, 5.74) is -0.213. The highest BCUT2D eigenvalue weighted by atomic mass is 16.7. The molecule has 8 N–H and O–H groups in total. The zero-order chi connectivity index (χ0) is 22.9. The average molecular weight is 448 g/mol. The lowest BCUT2D eigenvalue weighted by Crippen LogP contribution is -2.61. The summed E-state index contributed by atoms with van der Waals surface area (Å²) in [6.07, 6.45) is -13.7. The summed E-state index contributed by atoms with van der Waals surface area (Å²) in [5, 5.41) is 78.3. The van der Waals surface area contributed by atoms with Crippen molar-refractivity contribution >= 4 is 5.97 Å². The van der Waals surface area contributed by atoms with Crippen LogP contribution in [0.15, 0.2) is 18.2 Å². The van der Waals surface area contributed by atoms with E-state index in [0.717, 1.165) is 18.2 Å². The van der Waals surface area contributed by atoms with Gasteiger partial charge in [0.2, 0.25) is 6.29 Å². The van der Waals surface area contributed by atoms with Crippen LogP contribution in [0.1, 0.15) is 10.4 Å². The molecule has 2 aliphatic rings. The highest BCUT2D eigenvalue weighted by molar-refractivity contribution is 5.88. The summed E-state index contributed by atoms with van der Waals surface area (Å²) in [6.45, 7) is -0.783. The van der Waals surface area contributed by atoms with Gasteiger partial charge in [0.05, 0.1) is 18.8 Å². The molecule has 0 spiro atoms. The van der Waals surface area contributed by atoms with Crippen LogP contribution >= 0.6 is 0 Å². The van der Waals surface area contributed by atoms with Gasteiger partial charge in [-0.1, -0.05) is 0 Å². The molecular formula is C18H24O13. The number of rotatable bonds is 6. The Balaban J connectivity index is 1.66. The molecule has 0 aromatic heterocycles. The first-order valence-electron chi connectivity index (χ1n) is 9.30. The second kappa shape index (κ2) is 9.60. The maximum Gasteiger partial charge on any atom is 0.335 e. The van der Waals surface area contributed by atoms with Crippen LogP contribution < -0.4 is 4.74 Å². The fraction of sp³-hybridized carbons (Fsp3) is 0.611. The third-order valence-electron chi connectivity index (χ3n) is 5.00. The lowest BCUT2D eigenvalue weighted by molar-refractivity contribution is -0.307. The van der Waals surface area contributed by atoms with E-state index in [0.29, 0.717) is 0 Å². The van der Waals surface area contributed by atoms with Gasteiger partial charge in [-0.25, -0.2) is 4.79 Å². The van der Waals surface area contributed by atoms with Crippen LogP contribution in [0.2, 0.25) is 0 Å². The van der Waals surface area contributed by atoms with Gasteiger partial charge in [0.1, 0.15) is 42.7 Å². The molecule has 2 saturated heterocycles. The fourth-order valence-corrected chi connectivity index (χ4v) is 3.14. The third kappa shape index (κ3) is 5.06. The summed E-state index contributed by atoms with van der Waals surface area (Å²) in [5.74, 6) is -2.09. The molecule has 13 nitrogen and oxygen atoms in total. The van der Waals surface area contributed by atoms with Gasteiger partial charge in [-0.15, -0.1) is 0 Å². The molecule has 2 fully saturated rings. The van der Waals surface area contributed by atoms with Crippen molar-refractivity contribution in [3.05, 3.63) is 23.8 Å². The highest BCUT2D eigenvalue weighted by Crippen LogP contribution is 2.31. The van der Waals surface area contributed by atoms with Crippen LogP contribution in [0.3, 0.4) is 0 Å². The molecule has 0 radical (unpaired) electrons. The van der Waals surface area contributed by atoms with Crippen molar-refractivity contribution < 1.29 is 64.6 Å². The van der Waals surface area contributed by atoms with Gasteiger partial charge in [-0.2, -0.15) is 0 Å². The van der Waals surface area contributed by atoms with Gasteiger partial charge in [-0.05, 0) is 18.2 Å². The molecule has 174 valence electrons. The van der Waals surface area contributed by atoms with Crippen molar-refractivity contribution in [3.63, 3.8) is 0 Å². The van der Waals surface area contributed by atoms with Gasteiger partial charge in [0, 0.05) is 0 Å². The molecule has 3 rings (SSSR count). The van der Waals surface area contributed by atoms with Gasteiger partial charge < -0.3 is 59.8 Å². The maximum atomic E-state index is 10.9. The molecule has 0 saturated carbocycles. The second-order valence-corrected chi connectivity index (χ2v) is 7.20. The molecular weight excluding hydrogens is 424 g/mol. The Labute approximate surface area is 175 Å². The van der Waals surface area contributed by atoms with E-state index in [9.17, 15) is 40.5 Å². The first kappa shape index (κ1) is 23.6. The Hall–Kier alpha value is -2.07. The number of ether oxygens (including phenoxy) is 4. The Bertz CT molecular complexity index is 773. The lowest BCUT2D eigenvalue weighted by atomic mass is 9.99. The van der Waals surface area contributed by atoms with Crippen molar-refractivity contribution in [1.82, 2.24) is 0 Å². The quantitative estimate of drug-likeness (QED) is 0.215. The highest BCUT2D eigenvalue weighted by Gasteiger charge is 2.46. The zero-order valence-corrected chi connectivity index (χ0v) is 16.0. The number of aliphatic hydroxyl groups is 6. The molecule has 9 atom stereocenters. The molecule has 0 amide bonds. The number of phenolic OH excluding ortho intramolecular Hbond substituents is 1. The Morgan fingerprint density at radius 1 is 0.968 bits per heavy atom. The topological polar surface area (TPSA) is 216 Å². The number of carboxylic acids is 1. The number of hydrogen-bond donors (Lipinski definition) is 8. The molecule has 0 aliphatic carbocycles. The minimum absolute atomic E-state index is 0.213. The van der Waals surface area contributed by atoms with Gasteiger partial charge in [-0.3, -0.25) is 0 Å². The number of carbonyl (C=O) groups is 1. The van der Waals surface area contributed by atoms with Crippen LogP contribution in [0.25, 0.3) is 0 Å². The van der Waals surface area contributed by atoms with Gasteiger partial charge in [0.15, 0.2) is 17.8 Å². The van der Waals surface area contributed by atoms with Crippen LogP contribution in [0, 0.1) is 0 Å². The van der Waals surface area contributed by atoms with Gasteiger partial charge in [0.25, 0.3) is 0 Å². The van der Waals surface area contributed by atoms with Crippen molar-refractivity contribution in [2.24, 2.45) is 0 Å². The normalized spacial score (nSPS) is 38.6. The number of aromatic carboxylic acids is 1. The van der Waals surface area contributed by atoms with E-state index >= 15 is 0 Å². The SMILES string of the molecule is O=C(O)c1ccc(OC2OC(COC3OCC(O)C(O)C3O)C(O)C(O)C2O)c(O)c1. The van der Waals surface area contributed by atoms with E-state index in [1.54, 1.807) is 0 Å². The number of carboxylic acid groups (broad SMARTS) is 1. The number of aliphatic hydroxyl groups excluding tert-OH is 6. The van der Waals surface area contributed by atoms with E-state index in [1.165, 1.54) is 0 Å². The van der Waals surface area contributed by atoms with E-state index in [1.807, 2.05) is 0 Å². The monoisotopic (exact) mass is 448 g/mol. The Morgan fingerprint density at radius 3 is 2.29 bits per heavy atom. The standard InChI is InChI=1S/C18H24O13/c19-7-3-6(16(26)27)1-2-9(7)30-18-15(25)13(23)12(22)10(31-18)5-29-17-14(24)11(21)8(20)4-28-17/h1-3,8,10-15,17-25H,4-5H2,(H,26,27). The van der Waals surface area contributed by atoms with Crippen LogP contribution in [-0.4, -0.2) is 115 Å². The molecule has 1 aromatic carbocycles. The molecule has 0 bridgehead atoms. The summed E-state index contributed by atoms with van der Waals surface area (Å²) in [4.78, 5) is 10.9. The lowest BCUT2D eigenvalue weighted by Gasteiger charge is -2.41. The minimum atomic E-state index is -1.74. The van der Waals surface area contributed by atoms with Crippen LogP contribution in [0.4, 0.5) is 0 Å². The Morgan fingerprint density at radius 2 is 1.65 bits per heavy atom.